The van der Waals surface area contributed by atoms with Crippen molar-refractivity contribution in [1.29, 1.82) is 0 Å². The molecule has 122 valence electrons. The Labute approximate surface area is 143 Å². The summed E-state index contributed by atoms with van der Waals surface area (Å²) in [5, 5.41) is 14.6. The number of carboxylic acid groups (broad SMARTS) is 1. The molecule has 0 radical (unpaired) electrons. The normalized spacial score (nSPS) is 11.9. The number of hydrogen-bond donors (Lipinski definition) is 2. The minimum absolute atomic E-state index is 0.0365. The number of halogens is 1. The highest BCUT2D eigenvalue weighted by Crippen LogP contribution is 2.30. The molecular weight excluding hydrogens is 336 g/mol. The van der Waals surface area contributed by atoms with Crippen LogP contribution in [0.5, 0.6) is 0 Å². The average Bonchev–Trinajstić information content (AvgIpc) is 2.93. The molecule has 0 bridgehead atoms. The molecule has 1 aromatic heterocycles. The summed E-state index contributed by atoms with van der Waals surface area (Å²) in [4.78, 5) is 26.9. The molecule has 1 aromatic carbocycles. The van der Waals surface area contributed by atoms with Crippen LogP contribution < -0.4 is 5.32 Å². The van der Waals surface area contributed by atoms with Crippen LogP contribution in [-0.2, 0) is 16.0 Å². The van der Waals surface area contributed by atoms with Crippen LogP contribution in [-0.4, -0.2) is 28.0 Å². The second kappa shape index (κ2) is 8.08. The zero-order valence-corrected chi connectivity index (χ0v) is 14.2. The van der Waals surface area contributed by atoms with Crippen LogP contribution in [0.4, 0.5) is 0 Å². The van der Waals surface area contributed by atoms with Crippen LogP contribution in [0, 0.1) is 0 Å². The third-order valence-electron chi connectivity index (χ3n) is 3.20. The summed E-state index contributed by atoms with van der Waals surface area (Å²) >= 11 is 7.58. The largest absolute Gasteiger partial charge is 0.481 e. The van der Waals surface area contributed by atoms with Crippen molar-refractivity contribution in [2.24, 2.45) is 0 Å². The number of rotatable bonds is 7. The summed E-state index contributed by atoms with van der Waals surface area (Å²) in [5.41, 5.74) is 1.52. The third kappa shape index (κ3) is 5.33. The lowest BCUT2D eigenvalue weighted by Crippen LogP contribution is -2.34. The van der Waals surface area contributed by atoms with Crippen LogP contribution in [0.1, 0.15) is 25.5 Å². The maximum Gasteiger partial charge on any atom is 0.303 e. The number of amides is 1. The Morgan fingerprint density at radius 3 is 2.83 bits per heavy atom. The van der Waals surface area contributed by atoms with E-state index in [9.17, 15) is 9.59 Å². The molecule has 0 spiro atoms. The highest BCUT2D eigenvalue weighted by Gasteiger charge is 2.13. The Hall–Kier alpha value is -1.92. The fourth-order valence-electron chi connectivity index (χ4n) is 2.05. The van der Waals surface area contributed by atoms with E-state index in [4.69, 9.17) is 16.7 Å². The van der Waals surface area contributed by atoms with E-state index in [-0.39, 0.29) is 24.8 Å². The quantitative estimate of drug-likeness (QED) is 0.800. The number of thiazole rings is 1. The molecule has 0 fully saturated rings. The second-order valence-electron chi connectivity index (χ2n) is 5.20. The van der Waals surface area contributed by atoms with Gasteiger partial charge in [0.05, 0.1) is 17.1 Å². The van der Waals surface area contributed by atoms with Crippen molar-refractivity contribution in [3.8, 4) is 10.6 Å². The van der Waals surface area contributed by atoms with Crippen LogP contribution in [0.15, 0.2) is 29.6 Å². The first-order chi connectivity index (χ1) is 11.0. The van der Waals surface area contributed by atoms with E-state index < -0.39 is 5.97 Å². The van der Waals surface area contributed by atoms with Crippen molar-refractivity contribution in [2.45, 2.75) is 32.2 Å². The van der Waals surface area contributed by atoms with Gasteiger partial charge in [0.2, 0.25) is 5.91 Å². The van der Waals surface area contributed by atoms with E-state index in [0.717, 1.165) is 10.6 Å². The summed E-state index contributed by atoms with van der Waals surface area (Å²) in [5.74, 6) is -1.03. The van der Waals surface area contributed by atoms with Crippen LogP contribution >= 0.6 is 22.9 Å². The highest BCUT2D eigenvalue weighted by molar-refractivity contribution is 7.13. The fraction of sp³-hybridized carbons (Fsp3) is 0.312. The fourth-order valence-corrected chi connectivity index (χ4v) is 3.19. The molecule has 0 saturated heterocycles. The van der Waals surface area contributed by atoms with E-state index in [2.05, 4.69) is 10.3 Å². The van der Waals surface area contributed by atoms with Gasteiger partial charge in [-0.15, -0.1) is 11.3 Å². The van der Waals surface area contributed by atoms with Gasteiger partial charge in [-0.25, -0.2) is 4.98 Å². The molecule has 0 saturated carbocycles. The SMILES string of the molecule is CC(CCC(=O)O)NC(=O)Cc1csc(-c2ccccc2Cl)n1. The predicted octanol–water partition coefficient (Wildman–Crippen LogP) is 3.38. The van der Waals surface area contributed by atoms with Gasteiger partial charge >= 0.3 is 5.97 Å². The van der Waals surface area contributed by atoms with Gasteiger partial charge < -0.3 is 10.4 Å². The van der Waals surface area contributed by atoms with Crippen molar-refractivity contribution in [3.63, 3.8) is 0 Å². The number of benzene rings is 1. The van der Waals surface area contributed by atoms with Gasteiger partial charge in [-0.1, -0.05) is 29.8 Å². The van der Waals surface area contributed by atoms with Gasteiger partial charge in [0.25, 0.3) is 0 Å². The first-order valence-electron chi connectivity index (χ1n) is 7.16. The number of aliphatic carboxylic acids is 1. The zero-order chi connectivity index (χ0) is 16.8. The summed E-state index contributed by atoms with van der Waals surface area (Å²) in [6.45, 7) is 1.79. The second-order valence-corrected chi connectivity index (χ2v) is 6.47. The van der Waals surface area contributed by atoms with Gasteiger partial charge in [0.1, 0.15) is 5.01 Å². The first-order valence-corrected chi connectivity index (χ1v) is 8.42. The Balaban J connectivity index is 1.93. The molecule has 1 atom stereocenters. The molecule has 23 heavy (non-hydrogen) atoms. The number of hydrogen-bond acceptors (Lipinski definition) is 4. The summed E-state index contributed by atoms with van der Waals surface area (Å²) in [7, 11) is 0. The summed E-state index contributed by atoms with van der Waals surface area (Å²) in [6.07, 6.45) is 0.607. The molecule has 5 nitrogen and oxygen atoms in total. The number of nitrogens with zero attached hydrogens (tertiary/aromatic N) is 1. The number of carboxylic acids is 1. The minimum atomic E-state index is -0.866. The van der Waals surface area contributed by atoms with Crippen molar-refractivity contribution < 1.29 is 14.7 Å². The topological polar surface area (TPSA) is 79.3 Å². The Kier molecular flexibility index (Phi) is 6.12. The van der Waals surface area contributed by atoms with Gasteiger partial charge in [0, 0.05) is 23.4 Å². The van der Waals surface area contributed by atoms with Crippen molar-refractivity contribution in [2.75, 3.05) is 0 Å². The molecular formula is C16H17ClN2O3S. The molecule has 0 aliphatic heterocycles. The predicted molar refractivity (Wildman–Crippen MR) is 90.7 cm³/mol. The van der Waals surface area contributed by atoms with Gasteiger partial charge in [-0.3, -0.25) is 9.59 Å². The van der Waals surface area contributed by atoms with E-state index in [1.807, 2.05) is 23.6 Å². The molecule has 7 heteroatoms. The van der Waals surface area contributed by atoms with E-state index >= 15 is 0 Å². The maximum absolute atomic E-state index is 12.0. The highest BCUT2D eigenvalue weighted by atomic mass is 35.5. The Bertz CT molecular complexity index is 702. The average molecular weight is 353 g/mol. The number of carbonyl (C=O) groups excluding carboxylic acids is 1. The summed E-state index contributed by atoms with van der Waals surface area (Å²) < 4.78 is 0. The monoisotopic (exact) mass is 352 g/mol. The molecule has 1 amide bonds. The molecule has 1 heterocycles. The van der Waals surface area contributed by atoms with Gasteiger partial charge in [-0.05, 0) is 19.4 Å². The van der Waals surface area contributed by atoms with Crippen LogP contribution in [0.3, 0.4) is 0 Å². The summed E-state index contributed by atoms with van der Waals surface area (Å²) in [6, 6.07) is 7.25. The number of carbonyl (C=O) groups is 2. The van der Waals surface area contributed by atoms with Crippen molar-refractivity contribution in [3.05, 3.63) is 40.4 Å². The van der Waals surface area contributed by atoms with E-state index in [1.165, 1.54) is 11.3 Å². The van der Waals surface area contributed by atoms with E-state index in [0.29, 0.717) is 17.1 Å². The molecule has 2 aromatic rings. The van der Waals surface area contributed by atoms with E-state index in [1.54, 1.807) is 13.0 Å². The van der Waals surface area contributed by atoms with Gasteiger partial charge in [-0.2, -0.15) is 0 Å². The molecule has 1 unspecified atom stereocenters. The van der Waals surface area contributed by atoms with Crippen molar-refractivity contribution >= 4 is 34.8 Å². The van der Waals surface area contributed by atoms with Crippen LogP contribution in [0.25, 0.3) is 10.6 Å². The minimum Gasteiger partial charge on any atom is -0.481 e. The lowest BCUT2D eigenvalue weighted by molar-refractivity contribution is -0.137. The van der Waals surface area contributed by atoms with Crippen molar-refractivity contribution in [1.82, 2.24) is 10.3 Å². The lowest BCUT2D eigenvalue weighted by atomic mass is 10.2. The molecule has 2 N–H and O–H groups in total. The Morgan fingerprint density at radius 2 is 2.13 bits per heavy atom. The van der Waals surface area contributed by atoms with Crippen LogP contribution in [0.2, 0.25) is 5.02 Å². The third-order valence-corrected chi connectivity index (χ3v) is 4.45. The molecule has 0 aliphatic carbocycles. The molecule has 0 aliphatic rings. The maximum atomic E-state index is 12.0. The smallest absolute Gasteiger partial charge is 0.303 e. The number of nitrogens with one attached hydrogen (secondary N) is 1. The lowest BCUT2D eigenvalue weighted by Gasteiger charge is -2.11. The Morgan fingerprint density at radius 1 is 1.39 bits per heavy atom. The van der Waals surface area contributed by atoms with Gasteiger partial charge in [0.15, 0.2) is 0 Å². The first kappa shape index (κ1) is 17.4. The molecule has 2 rings (SSSR count). The standard InChI is InChI=1S/C16H17ClN2O3S/c1-10(6-7-15(21)22)18-14(20)8-11-9-23-16(19-11)12-4-2-3-5-13(12)17/h2-5,9-10H,6-8H2,1H3,(H,18,20)(H,21,22). The zero-order valence-electron chi connectivity index (χ0n) is 12.6. The number of aromatic nitrogens is 1.